The van der Waals surface area contributed by atoms with Crippen LogP contribution in [0.2, 0.25) is 0 Å². The number of allylic oxidation sites excluding steroid dienone is 1. The van der Waals surface area contributed by atoms with Crippen LogP contribution < -0.4 is 4.87 Å². The van der Waals surface area contributed by atoms with E-state index in [4.69, 9.17) is 12.2 Å². The Labute approximate surface area is 645 Å². The van der Waals surface area contributed by atoms with E-state index in [1.54, 1.807) is 4.57 Å². The van der Waals surface area contributed by atoms with Gasteiger partial charge in [0.25, 0.3) is 0 Å². The van der Waals surface area contributed by atoms with Gasteiger partial charge in [0.1, 0.15) is 0 Å². The van der Waals surface area contributed by atoms with Crippen molar-refractivity contribution in [2.45, 2.75) is 498 Å². The third-order valence-electron chi connectivity index (χ3n) is 9.11. The van der Waals surface area contributed by atoms with Crippen molar-refractivity contribution in [2.24, 2.45) is 27.7 Å². The second-order valence-electron chi connectivity index (χ2n) is 21.2. The minimum absolute atomic E-state index is 0. The van der Waals surface area contributed by atoms with Gasteiger partial charge in [0.05, 0.1) is 16.7 Å². The van der Waals surface area contributed by atoms with E-state index in [0.29, 0.717) is 42.3 Å². The second-order valence-corrected chi connectivity index (χ2v) is 22.5. The van der Waals surface area contributed by atoms with Gasteiger partial charge in [-0.1, -0.05) is 337 Å². The minimum Gasteiger partial charge on any atom is -0.373 e. The zero-order valence-corrected chi connectivity index (χ0v) is 77.6. The van der Waals surface area contributed by atoms with Crippen LogP contribution in [0.5, 0.6) is 0 Å². The highest BCUT2D eigenvalue weighted by Gasteiger charge is 2.22. The Morgan fingerprint density at radius 2 is 0.541 bits per heavy atom. The Hall–Kier alpha value is -2.20. The lowest BCUT2D eigenvalue weighted by atomic mass is 10.3. The van der Waals surface area contributed by atoms with E-state index < -0.39 is 0 Å². The number of aromatic nitrogens is 1. The van der Waals surface area contributed by atoms with Gasteiger partial charge < -0.3 is 24.2 Å². The predicted octanol–water partition coefficient (Wildman–Crippen LogP) is 33.5. The molecule has 10 heteroatoms. The summed E-state index contributed by atoms with van der Waals surface area (Å²) in [5, 5.41) is 1.81. The average molecular weight is 1450 g/mol. The molecule has 0 bridgehead atoms. The van der Waals surface area contributed by atoms with Gasteiger partial charge in [-0.2, -0.15) is 0 Å². The van der Waals surface area contributed by atoms with Gasteiger partial charge in [-0.3, -0.25) is 14.8 Å². The van der Waals surface area contributed by atoms with Crippen molar-refractivity contribution in [1.82, 2.24) is 24.2 Å². The first-order chi connectivity index (χ1) is 44.1. The molecule has 0 radical (unpaired) electrons. The fourth-order valence-electron chi connectivity index (χ4n) is 6.60. The molecule has 1 aromatic heterocycles. The molecule has 4 aliphatic heterocycles. The molecule has 98 heavy (non-hydrogen) atoms. The summed E-state index contributed by atoms with van der Waals surface area (Å²) in [5.74, 6) is 5.14. The zero-order valence-electron chi connectivity index (χ0n) is 76.0. The van der Waals surface area contributed by atoms with Gasteiger partial charge in [-0.05, 0) is 153 Å². The van der Waals surface area contributed by atoms with E-state index in [0.717, 1.165) is 29.2 Å². The fourth-order valence-corrected chi connectivity index (χ4v) is 7.75. The van der Waals surface area contributed by atoms with E-state index >= 15 is 0 Å². The van der Waals surface area contributed by atoms with Crippen molar-refractivity contribution < 1.29 is 0 Å². The van der Waals surface area contributed by atoms with Crippen LogP contribution in [-0.2, 0) is 0 Å². The van der Waals surface area contributed by atoms with Crippen molar-refractivity contribution in [3.8, 4) is 0 Å². The Bertz CT molecular complexity index is 1320. The lowest BCUT2D eigenvalue weighted by Crippen LogP contribution is -2.32. The highest BCUT2D eigenvalue weighted by atomic mass is 32.1. The molecule has 4 saturated heterocycles. The van der Waals surface area contributed by atoms with Crippen LogP contribution in [0.3, 0.4) is 0 Å². The number of thiocarbonyl (C=S) groups is 1. The first-order valence-corrected chi connectivity index (χ1v) is 41.4. The molecule has 0 aliphatic carbocycles. The highest BCUT2D eigenvalue weighted by molar-refractivity contribution is 7.80. The highest BCUT2D eigenvalue weighted by Crippen LogP contribution is 2.21. The molecule has 4 fully saturated rings. The number of thiazole rings is 1. The maximum absolute atomic E-state index is 10.8. The van der Waals surface area contributed by atoms with Crippen molar-refractivity contribution >= 4 is 40.2 Å². The van der Waals surface area contributed by atoms with Gasteiger partial charge in [0, 0.05) is 98.6 Å². The van der Waals surface area contributed by atoms with Gasteiger partial charge in [-0.15, -0.1) is 0 Å². The molecule has 0 amide bonds. The lowest BCUT2D eigenvalue weighted by Gasteiger charge is -2.23. The summed E-state index contributed by atoms with van der Waals surface area (Å²) >= 11 is 6.38. The van der Waals surface area contributed by atoms with Crippen LogP contribution >= 0.6 is 23.6 Å². The number of hydrogen-bond acceptors (Lipinski definition) is 6. The number of hydrogen-bond donors (Lipinski definition) is 0. The van der Waals surface area contributed by atoms with Crippen molar-refractivity contribution in [2.75, 3.05) is 26.2 Å². The average Bonchev–Trinajstić information content (AvgIpc) is 1.78. The summed E-state index contributed by atoms with van der Waals surface area (Å²) in [7, 11) is 0. The molecule has 0 spiro atoms. The molecule has 8 nitrogen and oxygen atoms in total. The van der Waals surface area contributed by atoms with Gasteiger partial charge in [-0.25, -0.2) is 0 Å². The quantitative estimate of drug-likeness (QED) is 0.254. The first-order valence-electron chi connectivity index (χ1n) is 40.1. The predicted molar refractivity (Wildman–Crippen MR) is 496 cm³/mol. The van der Waals surface area contributed by atoms with Crippen LogP contribution in [0.15, 0.2) is 38.6 Å². The lowest BCUT2D eigenvalue weighted by molar-refractivity contribution is 0.325. The number of nitrogens with zero attached hydrogens (tertiary/aromatic N) is 7. The molecule has 0 N–H and O–H groups in total. The molecule has 4 aliphatic rings. The number of rotatable bonds is 7. The Kier molecular flexibility index (Phi) is 247. The molecule has 5 rings (SSSR count). The Morgan fingerprint density at radius 3 is 0.663 bits per heavy atom. The van der Waals surface area contributed by atoms with Crippen LogP contribution in [0.25, 0.3) is 0 Å². The third kappa shape index (κ3) is 141. The normalized spacial score (nSPS) is 12.0. The van der Waals surface area contributed by atoms with Gasteiger partial charge in [0.2, 0.25) is 0 Å². The summed E-state index contributed by atoms with van der Waals surface area (Å²) in [6.45, 7) is 119. The van der Waals surface area contributed by atoms with E-state index in [1.807, 2.05) is 233 Å². The second kappa shape index (κ2) is 149. The van der Waals surface area contributed by atoms with Crippen molar-refractivity contribution in [1.29, 1.82) is 0 Å². The summed E-state index contributed by atoms with van der Waals surface area (Å²) in [6, 6.07) is 3.68. The van der Waals surface area contributed by atoms with E-state index in [-0.39, 0.29) is 42.0 Å². The number of likely N-dealkylation sites (tertiary alicyclic amines) is 4. The van der Waals surface area contributed by atoms with Crippen LogP contribution in [-0.4, -0.2) is 103 Å². The summed E-state index contributed by atoms with van der Waals surface area (Å²) < 4.78 is 1.71. The van der Waals surface area contributed by atoms with Crippen molar-refractivity contribution in [3.05, 3.63) is 33.5 Å². The smallest absolute Gasteiger partial charge is 0.307 e. The molecule has 622 valence electrons. The zero-order chi connectivity index (χ0) is 79.6. The summed E-state index contributed by atoms with van der Waals surface area (Å²) in [6.07, 6.45) is 11.6. The molecular weight excluding hydrogens is 1240 g/mol. The Balaban J connectivity index is -0.0000000298. The fraction of sp³-hybridized carbons (Fsp3) is 0.909. The van der Waals surface area contributed by atoms with Gasteiger partial charge >= 0.3 is 4.87 Å². The maximum atomic E-state index is 10.8. The minimum atomic E-state index is 0. The number of amidine groups is 2. The maximum Gasteiger partial charge on any atom is 0.307 e. The molecule has 0 unspecified atom stereocenters. The molecular formula is C88H217N7OS2. The monoisotopic (exact) mass is 1450 g/mol. The third-order valence-corrected chi connectivity index (χ3v) is 10.2. The molecule has 5 heterocycles. The largest absolute Gasteiger partial charge is 0.373 e. The molecule has 0 saturated carbocycles. The van der Waals surface area contributed by atoms with Crippen LogP contribution in [0, 0.1) is 17.8 Å². The molecule has 1 aromatic rings. The van der Waals surface area contributed by atoms with E-state index in [1.165, 1.54) is 99.8 Å². The SMILES string of the molecule is C.C.C.C.C.C=C1CCCN1C(C)C.CC.CC.CC.CC.CC.CC.CC.CC.CC.CC.CC.CC.CC.CC.CC.CC(C)C.CC(C)C.CC(C)C.CC(C)N1CCCC1=S.CC(C)N=C1CCCN1C(C)C.CC(C)N=C1CCCN1C(C)C.CC(C)n1ccsc1=O. The van der Waals surface area contributed by atoms with Crippen LogP contribution in [0.4, 0.5) is 0 Å². The summed E-state index contributed by atoms with van der Waals surface area (Å²) in [4.78, 5) is 30.9. The van der Waals surface area contributed by atoms with E-state index in [9.17, 15) is 4.79 Å². The first kappa shape index (κ1) is 162. The standard InChI is InChI=1S/2C10H20N2.C8H15N.C7H13NS.C6H9NOS.3C4H10.15C2H6.5CH4/c2*1-8(2)11-10-6-5-7-12(10)9(3)4;1-7(2)9-6-4-5-8(9)3;1-6(2)8-5-3-4-7(8)9;1-5(2)7-3-4-9-6(7)8;3*1-4(2)3;15*1-2;;;;;/h2*8-9H,5-7H2,1-4H3;7H,3-6H2,1-2H3;6H,3-5H2,1-2H3;3-5H,1-2H3;3*4H,1-3H3;15*1-2H3;5*1H4. The topological polar surface area (TPSA) is 59.7 Å². The van der Waals surface area contributed by atoms with E-state index in [2.05, 4.69) is 182 Å². The Morgan fingerprint density at radius 1 is 0.337 bits per heavy atom. The van der Waals surface area contributed by atoms with Gasteiger partial charge in [0.15, 0.2) is 0 Å². The van der Waals surface area contributed by atoms with Crippen molar-refractivity contribution in [3.63, 3.8) is 0 Å². The number of aliphatic imine (C=N–C) groups is 2. The molecule has 0 atom stereocenters. The summed E-state index contributed by atoms with van der Waals surface area (Å²) in [5.41, 5.74) is 1.32. The van der Waals surface area contributed by atoms with Crippen LogP contribution in [0.1, 0.15) is 461 Å². The molecule has 0 aromatic carbocycles.